The largest absolute Gasteiger partial charge is 0.467 e. The molecule has 6 nitrogen and oxygen atoms in total. The Morgan fingerprint density at radius 3 is 2.45 bits per heavy atom. The highest BCUT2D eigenvalue weighted by molar-refractivity contribution is 6.22. The molecule has 158 valence electrons. The van der Waals surface area contributed by atoms with E-state index in [4.69, 9.17) is 4.42 Å². The van der Waals surface area contributed by atoms with Crippen molar-refractivity contribution in [1.82, 2.24) is 9.80 Å². The molecule has 1 unspecified atom stereocenters. The van der Waals surface area contributed by atoms with Crippen LogP contribution in [0, 0.1) is 11.6 Å². The molecule has 0 fully saturated rings. The van der Waals surface area contributed by atoms with Gasteiger partial charge in [0, 0.05) is 12.6 Å². The average molecular weight is 424 g/mol. The minimum Gasteiger partial charge on any atom is -0.467 e. The Hall–Kier alpha value is -3.81. The molecule has 0 saturated heterocycles. The lowest BCUT2D eigenvalue weighted by molar-refractivity contribution is 0.0631. The van der Waals surface area contributed by atoms with Gasteiger partial charge in [0.15, 0.2) is 11.6 Å². The average Bonchev–Trinajstić information content (AvgIpc) is 3.37. The molecule has 3 amide bonds. The number of amides is 3. The van der Waals surface area contributed by atoms with Crippen molar-refractivity contribution in [2.75, 3.05) is 7.05 Å². The molecule has 2 aromatic carbocycles. The summed E-state index contributed by atoms with van der Waals surface area (Å²) >= 11 is 0. The van der Waals surface area contributed by atoms with Gasteiger partial charge in [0.25, 0.3) is 17.7 Å². The van der Waals surface area contributed by atoms with E-state index in [1.165, 1.54) is 42.5 Å². The van der Waals surface area contributed by atoms with Crippen LogP contribution in [-0.2, 0) is 6.54 Å². The third kappa shape index (κ3) is 3.61. The Bertz CT molecular complexity index is 1190. The molecule has 4 rings (SSSR count). The topological polar surface area (TPSA) is 70.8 Å². The number of hydrogen-bond donors (Lipinski definition) is 0. The number of carbonyl (C=O) groups excluding carboxylic acids is 3. The second-order valence-electron chi connectivity index (χ2n) is 7.30. The minimum atomic E-state index is -0.997. The van der Waals surface area contributed by atoms with Crippen molar-refractivity contribution < 1.29 is 27.6 Å². The molecular weight excluding hydrogens is 406 g/mol. The quantitative estimate of drug-likeness (QED) is 0.576. The van der Waals surface area contributed by atoms with Gasteiger partial charge < -0.3 is 9.32 Å². The fourth-order valence-electron chi connectivity index (χ4n) is 3.50. The Labute approximate surface area is 176 Å². The summed E-state index contributed by atoms with van der Waals surface area (Å²) in [6, 6.07) is 10.5. The number of fused-ring (bicyclic) bond motifs is 1. The second-order valence-corrected chi connectivity index (χ2v) is 7.30. The maximum Gasteiger partial charge on any atom is 0.261 e. The molecule has 0 spiro atoms. The number of furan rings is 1. The van der Waals surface area contributed by atoms with Gasteiger partial charge in [0.1, 0.15) is 5.76 Å². The van der Waals surface area contributed by atoms with Gasteiger partial charge in [-0.25, -0.2) is 8.78 Å². The highest BCUT2D eigenvalue weighted by Crippen LogP contribution is 2.28. The molecule has 3 aromatic rings. The van der Waals surface area contributed by atoms with Crippen molar-refractivity contribution in [2.24, 2.45) is 0 Å². The number of hydrogen-bond acceptors (Lipinski definition) is 4. The zero-order chi connectivity index (χ0) is 22.3. The maximum atomic E-state index is 13.6. The van der Waals surface area contributed by atoms with Gasteiger partial charge >= 0.3 is 0 Å². The molecule has 2 heterocycles. The molecule has 0 N–H and O–H groups in total. The zero-order valence-electron chi connectivity index (χ0n) is 16.8. The zero-order valence-corrected chi connectivity index (χ0v) is 16.8. The molecule has 1 atom stereocenters. The fraction of sp³-hybridized carbons (Fsp3) is 0.174. The number of rotatable bonds is 5. The highest BCUT2D eigenvalue weighted by Gasteiger charge is 2.36. The molecule has 0 saturated carbocycles. The summed E-state index contributed by atoms with van der Waals surface area (Å²) < 4.78 is 32.0. The lowest BCUT2D eigenvalue weighted by Gasteiger charge is -2.25. The van der Waals surface area contributed by atoms with E-state index in [1.807, 2.05) is 0 Å². The van der Waals surface area contributed by atoms with Crippen molar-refractivity contribution in [1.29, 1.82) is 0 Å². The number of nitrogens with zero attached hydrogens (tertiary/aromatic N) is 2. The SMILES string of the molecule is CC(c1ccc(F)c(F)c1)N(C)C(=O)c1ccc2c(c1)C(=O)N(Cc1ccco1)C2=O. The first kappa shape index (κ1) is 20.5. The lowest BCUT2D eigenvalue weighted by atomic mass is 10.0. The Kier molecular flexibility index (Phi) is 5.14. The van der Waals surface area contributed by atoms with E-state index in [-0.39, 0.29) is 23.2 Å². The van der Waals surface area contributed by atoms with Gasteiger partial charge in [0.05, 0.1) is 30.0 Å². The monoisotopic (exact) mass is 424 g/mol. The van der Waals surface area contributed by atoms with E-state index < -0.39 is 35.4 Å². The first-order valence-electron chi connectivity index (χ1n) is 9.52. The van der Waals surface area contributed by atoms with Gasteiger partial charge in [-0.1, -0.05) is 6.07 Å². The van der Waals surface area contributed by atoms with Gasteiger partial charge in [-0.2, -0.15) is 0 Å². The summed E-state index contributed by atoms with van der Waals surface area (Å²) in [5.74, 6) is -2.90. The van der Waals surface area contributed by atoms with Crippen LogP contribution < -0.4 is 0 Å². The standard InChI is InChI=1S/C23H18F2N2O4/c1-13(14-6-8-19(24)20(25)11-14)26(2)21(28)15-5-7-17-18(10-15)23(30)27(22(17)29)12-16-4-3-9-31-16/h3-11,13H,12H2,1-2H3. The van der Waals surface area contributed by atoms with E-state index in [0.29, 0.717) is 11.3 Å². The third-order valence-corrected chi connectivity index (χ3v) is 5.44. The van der Waals surface area contributed by atoms with Crippen LogP contribution >= 0.6 is 0 Å². The summed E-state index contributed by atoms with van der Waals surface area (Å²) in [5, 5.41) is 0. The first-order chi connectivity index (χ1) is 14.8. The normalized spacial score (nSPS) is 14.0. The van der Waals surface area contributed by atoms with Crippen LogP contribution in [0.4, 0.5) is 8.78 Å². The summed E-state index contributed by atoms with van der Waals surface area (Å²) in [6.45, 7) is 1.67. The van der Waals surface area contributed by atoms with Crippen LogP contribution in [0.5, 0.6) is 0 Å². The van der Waals surface area contributed by atoms with Crippen molar-refractivity contribution in [3.8, 4) is 0 Å². The van der Waals surface area contributed by atoms with Crippen LogP contribution in [0.3, 0.4) is 0 Å². The molecule has 0 radical (unpaired) electrons. The van der Waals surface area contributed by atoms with Crippen LogP contribution in [0.2, 0.25) is 0 Å². The first-order valence-corrected chi connectivity index (χ1v) is 9.52. The number of benzene rings is 2. The van der Waals surface area contributed by atoms with Gasteiger partial charge in [-0.05, 0) is 55.0 Å². The van der Waals surface area contributed by atoms with E-state index in [0.717, 1.165) is 17.0 Å². The predicted molar refractivity (Wildman–Crippen MR) is 106 cm³/mol. The minimum absolute atomic E-state index is 0.00427. The van der Waals surface area contributed by atoms with Crippen LogP contribution in [0.15, 0.2) is 59.2 Å². The Morgan fingerprint density at radius 2 is 1.77 bits per heavy atom. The molecule has 8 heteroatoms. The van der Waals surface area contributed by atoms with Gasteiger partial charge in [-0.15, -0.1) is 0 Å². The van der Waals surface area contributed by atoms with Crippen LogP contribution in [0.1, 0.15) is 55.4 Å². The molecule has 1 aliphatic heterocycles. The van der Waals surface area contributed by atoms with Crippen LogP contribution in [-0.4, -0.2) is 34.6 Å². The predicted octanol–water partition coefficient (Wildman–Crippen LogP) is 4.19. The van der Waals surface area contributed by atoms with E-state index in [1.54, 1.807) is 19.1 Å². The summed E-state index contributed by atoms with van der Waals surface area (Å²) in [7, 11) is 1.53. The molecule has 0 bridgehead atoms. The molecule has 1 aromatic heterocycles. The van der Waals surface area contributed by atoms with Crippen LogP contribution in [0.25, 0.3) is 0 Å². The molecule has 0 aliphatic carbocycles. The molecule has 31 heavy (non-hydrogen) atoms. The molecular formula is C23H18F2N2O4. The highest BCUT2D eigenvalue weighted by atomic mass is 19.2. The number of carbonyl (C=O) groups is 3. The van der Waals surface area contributed by atoms with E-state index >= 15 is 0 Å². The second kappa shape index (κ2) is 7.79. The fourth-order valence-corrected chi connectivity index (χ4v) is 3.50. The molecule has 1 aliphatic rings. The van der Waals surface area contributed by atoms with E-state index in [9.17, 15) is 23.2 Å². The van der Waals surface area contributed by atoms with Crippen molar-refractivity contribution in [3.05, 3.63) is 94.4 Å². The lowest BCUT2D eigenvalue weighted by Crippen LogP contribution is -2.30. The summed E-state index contributed by atoms with van der Waals surface area (Å²) in [5.41, 5.74) is 0.976. The maximum absolute atomic E-state index is 13.6. The Morgan fingerprint density at radius 1 is 1.03 bits per heavy atom. The number of halogens is 2. The van der Waals surface area contributed by atoms with Crippen molar-refractivity contribution >= 4 is 17.7 Å². The van der Waals surface area contributed by atoms with Gasteiger partial charge in [-0.3, -0.25) is 19.3 Å². The Balaban J connectivity index is 1.57. The number of imide groups is 1. The smallest absolute Gasteiger partial charge is 0.261 e. The van der Waals surface area contributed by atoms with Crippen molar-refractivity contribution in [2.45, 2.75) is 19.5 Å². The summed E-state index contributed by atoms with van der Waals surface area (Å²) in [4.78, 5) is 40.8. The van der Waals surface area contributed by atoms with Crippen molar-refractivity contribution in [3.63, 3.8) is 0 Å². The van der Waals surface area contributed by atoms with E-state index in [2.05, 4.69) is 0 Å². The summed E-state index contributed by atoms with van der Waals surface area (Å²) in [6.07, 6.45) is 1.45. The third-order valence-electron chi connectivity index (χ3n) is 5.44. The van der Waals surface area contributed by atoms with Gasteiger partial charge in [0.2, 0.25) is 0 Å².